The predicted octanol–water partition coefficient (Wildman–Crippen LogP) is 2.21. The molecule has 0 radical (unpaired) electrons. The molecule has 130 valence electrons. The van der Waals surface area contributed by atoms with E-state index in [1.165, 1.54) is 0 Å². The molecule has 26 heavy (non-hydrogen) atoms. The molecule has 2 aromatic heterocycles. The minimum atomic E-state index is -0.229. The van der Waals surface area contributed by atoms with E-state index in [1.807, 2.05) is 42.5 Å². The summed E-state index contributed by atoms with van der Waals surface area (Å²) < 4.78 is 1.65. The van der Waals surface area contributed by atoms with E-state index in [1.54, 1.807) is 10.6 Å². The van der Waals surface area contributed by atoms with Crippen molar-refractivity contribution < 1.29 is 0 Å². The second-order valence-corrected chi connectivity index (χ2v) is 6.34. The van der Waals surface area contributed by atoms with Crippen LogP contribution in [-0.4, -0.2) is 32.8 Å². The lowest BCUT2D eigenvalue weighted by Gasteiger charge is -2.33. The second kappa shape index (κ2) is 6.84. The Bertz CT molecular complexity index is 1000. The first kappa shape index (κ1) is 16.1. The summed E-state index contributed by atoms with van der Waals surface area (Å²) in [4.78, 5) is 18.9. The van der Waals surface area contributed by atoms with Crippen molar-refractivity contribution in [2.45, 2.75) is 18.8 Å². The van der Waals surface area contributed by atoms with Gasteiger partial charge in [0.25, 0.3) is 0 Å². The summed E-state index contributed by atoms with van der Waals surface area (Å²) in [5.74, 6) is 1.63. The lowest BCUT2D eigenvalue weighted by atomic mass is 9.97. The molecule has 0 saturated carbocycles. The monoisotopic (exact) mass is 346 g/mol. The number of aromatic nitrogens is 4. The summed E-state index contributed by atoms with van der Waals surface area (Å²) in [5.41, 5.74) is 0.987. The summed E-state index contributed by atoms with van der Waals surface area (Å²) in [5, 5.41) is 16.0. The van der Waals surface area contributed by atoms with Gasteiger partial charge in [0.1, 0.15) is 23.4 Å². The topological polar surface area (TPSA) is 90.6 Å². The van der Waals surface area contributed by atoms with Crippen molar-refractivity contribution >= 4 is 5.82 Å². The van der Waals surface area contributed by atoms with Gasteiger partial charge in [-0.3, -0.25) is 0 Å². The maximum Gasteiger partial charge on any atom is 0.347 e. The zero-order chi connectivity index (χ0) is 17.9. The van der Waals surface area contributed by atoms with E-state index in [0.717, 1.165) is 36.7 Å². The highest BCUT2D eigenvalue weighted by Crippen LogP contribution is 2.28. The number of H-pyrrole nitrogens is 1. The summed E-state index contributed by atoms with van der Waals surface area (Å²) in [6, 6.07) is 17.1. The first-order valence-electron chi connectivity index (χ1n) is 8.61. The standard InChI is InChI=1S/C19H18N6O/c20-12-15-7-4-10-17(21-15)24-11-5-6-14(13-24)18-22-23-19(26)25(18)16-8-2-1-3-9-16/h1-4,7-10,14H,5-6,11,13H2,(H,23,26). The largest absolute Gasteiger partial charge is 0.356 e. The number of benzene rings is 1. The average Bonchev–Trinajstić information content (AvgIpc) is 3.10. The lowest BCUT2D eigenvalue weighted by molar-refractivity contribution is 0.483. The predicted molar refractivity (Wildman–Crippen MR) is 97.3 cm³/mol. The third kappa shape index (κ3) is 2.97. The molecule has 1 aromatic carbocycles. The smallest absolute Gasteiger partial charge is 0.347 e. The van der Waals surface area contributed by atoms with Crippen molar-refractivity contribution in [1.29, 1.82) is 5.26 Å². The number of nitriles is 1. The maximum atomic E-state index is 12.3. The summed E-state index contributed by atoms with van der Waals surface area (Å²) in [6.45, 7) is 1.58. The highest BCUT2D eigenvalue weighted by atomic mass is 16.1. The molecular formula is C19H18N6O. The Morgan fingerprint density at radius 3 is 2.81 bits per heavy atom. The number of anilines is 1. The molecule has 1 atom stereocenters. The normalized spacial score (nSPS) is 17.0. The van der Waals surface area contributed by atoms with E-state index in [2.05, 4.69) is 26.2 Å². The number of nitrogens with one attached hydrogen (secondary N) is 1. The highest BCUT2D eigenvalue weighted by Gasteiger charge is 2.27. The van der Waals surface area contributed by atoms with Gasteiger partial charge in [-0.25, -0.2) is 19.4 Å². The van der Waals surface area contributed by atoms with E-state index < -0.39 is 0 Å². The minimum Gasteiger partial charge on any atom is -0.356 e. The number of nitrogens with zero attached hydrogens (tertiary/aromatic N) is 5. The van der Waals surface area contributed by atoms with Crippen LogP contribution in [-0.2, 0) is 0 Å². The second-order valence-electron chi connectivity index (χ2n) is 6.34. The molecular weight excluding hydrogens is 328 g/mol. The van der Waals surface area contributed by atoms with Crippen molar-refractivity contribution in [3.05, 3.63) is 70.5 Å². The molecule has 7 heteroatoms. The van der Waals surface area contributed by atoms with E-state index in [-0.39, 0.29) is 11.6 Å². The molecule has 3 aromatic rings. The van der Waals surface area contributed by atoms with E-state index in [9.17, 15) is 4.79 Å². The van der Waals surface area contributed by atoms with Crippen LogP contribution < -0.4 is 10.6 Å². The van der Waals surface area contributed by atoms with Gasteiger partial charge in [-0.1, -0.05) is 24.3 Å². The van der Waals surface area contributed by atoms with E-state index in [4.69, 9.17) is 5.26 Å². The van der Waals surface area contributed by atoms with Gasteiger partial charge in [0.15, 0.2) is 0 Å². The molecule has 0 aliphatic carbocycles. The molecule has 0 amide bonds. The zero-order valence-corrected chi connectivity index (χ0v) is 14.2. The number of piperidine rings is 1. The average molecular weight is 346 g/mol. The fourth-order valence-corrected chi connectivity index (χ4v) is 3.47. The van der Waals surface area contributed by atoms with Crippen molar-refractivity contribution in [2.75, 3.05) is 18.0 Å². The number of hydrogen-bond donors (Lipinski definition) is 1. The van der Waals surface area contributed by atoms with Crippen LogP contribution in [0, 0.1) is 11.3 Å². The fraction of sp³-hybridized carbons (Fsp3) is 0.263. The highest BCUT2D eigenvalue weighted by molar-refractivity contribution is 5.43. The van der Waals surface area contributed by atoms with Crippen LogP contribution in [0.2, 0.25) is 0 Å². The summed E-state index contributed by atoms with van der Waals surface area (Å²) in [7, 11) is 0. The fourth-order valence-electron chi connectivity index (χ4n) is 3.47. The number of aromatic amines is 1. The Kier molecular flexibility index (Phi) is 4.23. The van der Waals surface area contributed by atoms with Crippen molar-refractivity contribution in [2.24, 2.45) is 0 Å². The van der Waals surface area contributed by atoms with Crippen LogP contribution >= 0.6 is 0 Å². The van der Waals surface area contributed by atoms with Gasteiger partial charge in [-0.05, 0) is 37.1 Å². The van der Waals surface area contributed by atoms with Crippen LogP contribution in [0.1, 0.15) is 30.3 Å². The number of pyridine rings is 1. The van der Waals surface area contributed by atoms with Gasteiger partial charge in [-0.2, -0.15) is 10.4 Å². The van der Waals surface area contributed by atoms with Gasteiger partial charge < -0.3 is 4.90 Å². The third-order valence-corrected chi connectivity index (χ3v) is 4.67. The molecule has 3 heterocycles. The van der Waals surface area contributed by atoms with Crippen molar-refractivity contribution in [3.63, 3.8) is 0 Å². The number of para-hydroxylation sites is 1. The maximum absolute atomic E-state index is 12.3. The molecule has 1 N–H and O–H groups in total. The quantitative estimate of drug-likeness (QED) is 0.785. The molecule has 1 unspecified atom stereocenters. The Balaban J connectivity index is 1.65. The first-order chi connectivity index (χ1) is 12.8. The molecule has 1 fully saturated rings. The molecule has 0 spiro atoms. The number of rotatable bonds is 3. The van der Waals surface area contributed by atoms with Gasteiger partial charge in [-0.15, -0.1) is 0 Å². The van der Waals surface area contributed by atoms with Crippen LogP contribution in [0.5, 0.6) is 0 Å². The zero-order valence-electron chi connectivity index (χ0n) is 14.2. The van der Waals surface area contributed by atoms with E-state index >= 15 is 0 Å². The Hall–Kier alpha value is -3.40. The molecule has 0 bridgehead atoms. The Morgan fingerprint density at radius 2 is 2.00 bits per heavy atom. The van der Waals surface area contributed by atoms with Crippen molar-refractivity contribution in [3.8, 4) is 11.8 Å². The Labute approximate surface area is 150 Å². The van der Waals surface area contributed by atoms with E-state index in [0.29, 0.717) is 12.2 Å². The third-order valence-electron chi connectivity index (χ3n) is 4.67. The molecule has 7 nitrogen and oxygen atoms in total. The van der Waals surface area contributed by atoms with Crippen LogP contribution in [0.15, 0.2) is 53.3 Å². The first-order valence-corrected chi connectivity index (χ1v) is 8.61. The summed E-state index contributed by atoms with van der Waals surface area (Å²) in [6.07, 6.45) is 1.92. The van der Waals surface area contributed by atoms with Gasteiger partial charge in [0, 0.05) is 19.0 Å². The van der Waals surface area contributed by atoms with Crippen LogP contribution in [0.4, 0.5) is 5.82 Å². The molecule has 1 aliphatic heterocycles. The lowest BCUT2D eigenvalue weighted by Crippen LogP contribution is -2.36. The molecule has 1 aliphatic rings. The molecule has 1 saturated heterocycles. The van der Waals surface area contributed by atoms with Gasteiger partial charge in [0.05, 0.1) is 5.69 Å². The number of hydrogen-bond acceptors (Lipinski definition) is 5. The Morgan fingerprint density at radius 1 is 1.15 bits per heavy atom. The van der Waals surface area contributed by atoms with Crippen LogP contribution in [0.3, 0.4) is 0 Å². The van der Waals surface area contributed by atoms with Crippen LogP contribution in [0.25, 0.3) is 5.69 Å². The van der Waals surface area contributed by atoms with Gasteiger partial charge >= 0.3 is 5.69 Å². The minimum absolute atomic E-state index is 0.107. The summed E-state index contributed by atoms with van der Waals surface area (Å²) >= 11 is 0. The molecule has 4 rings (SSSR count). The van der Waals surface area contributed by atoms with Crippen molar-refractivity contribution in [1.82, 2.24) is 19.7 Å². The van der Waals surface area contributed by atoms with Gasteiger partial charge in [0.2, 0.25) is 0 Å². The SMILES string of the molecule is N#Cc1cccc(N2CCCC(c3n[nH]c(=O)n3-c3ccccc3)C2)n1.